The standard InChI is InChI=1S/C21H28N4O3/c1-16(19-7-6-18(27-2)13-20(19)28-3)23-21(26)25-11-9-24(10-12-25)15-17-5-4-8-22-14-17/h4-8,13-14,16H,9-12,15H2,1-3H3,(H,23,26). The fraction of sp³-hybridized carbons (Fsp3) is 0.429. The van der Waals surface area contributed by atoms with Crippen LogP contribution in [-0.4, -0.2) is 61.2 Å². The Bertz CT molecular complexity index is 776. The number of piperazine rings is 1. The lowest BCUT2D eigenvalue weighted by Gasteiger charge is -2.35. The first kappa shape index (κ1) is 19.9. The summed E-state index contributed by atoms with van der Waals surface area (Å²) in [7, 11) is 3.24. The SMILES string of the molecule is COc1ccc(C(C)NC(=O)N2CCN(Cc3cccnc3)CC2)c(OC)c1. The molecule has 0 radical (unpaired) electrons. The number of hydrogen-bond acceptors (Lipinski definition) is 5. The number of carbonyl (C=O) groups is 1. The van der Waals surface area contributed by atoms with Crippen LogP contribution in [0, 0.1) is 0 Å². The first-order valence-electron chi connectivity index (χ1n) is 9.49. The molecule has 1 fully saturated rings. The molecule has 1 unspecified atom stereocenters. The highest BCUT2D eigenvalue weighted by Gasteiger charge is 2.23. The lowest BCUT2D eigenvalue weighted by molar-refractivity contribution is 0.133. The maximum Gasteiger partial charge on any atom is 0.317 e. The van der Waals surface area contributed by atoms with Crippen molar-refractivity contribution in [3.63, 3.8) is 0 Å². The average Bonchev–Trinajstić information content (AvgIpc) is 2.74. The monoisotopic (exact) mass is 384 g/mol. The van der Waals surface area contributed by atoms with Crippen LogP contribution in [0.5, 0.6) is 11.5 Å². The maximum atomic E-state index is 12.7. The molecule has 3 rings (SSSR count). The van der Waals surface area contributed by atoms with Gasteiger partial charge in [-0.25, -0.2) is 4.79 Å². The number of amides is 2. The third kappa shape index (κ3) is 4.92. The van der Waals surface area contributed by atoms with E-state index in [1.54, 1.807) is 20.4 Å². The van der Waals surface area contributed by atoms with Crippen molar-refractivity contribution in [3.05, 3.63) is 53.9 Å². The Kier molecular flexibility index (Phi) is 6.71. The van der Waals surface area contributed by atoms with Crippen LogP contribution in [0.15, 0.2) is 42.7 Å². The van der Waals surface area contributed by atoms with Crippen molar-refractivity contribution in [1.82, 2.24) is 20.1 Å². The number of carbonyl (C=O) groups excluding carboxylic acids is 1. The Morgan fingerprint density at radius 1 is 1.18 bits per heavy atom. The van der Waals surface area contributed by atoms with E-state index in [9.17, 15) is 4.79 Å². The molecule has 1 aliphatic rings. The Morgan fingerprint density at radius 2 is 1.96 bits per heavy atom. The zero-order chi connectivity index (χ0) is 19.9. The van der Waals surface area contributed by atoms with E-state index in [-0.39, 0.29) is 12.1 Å². The summed E-state index contributed by atoms with van der Waals surface area (Å²) in [5.41, 5.74) is 2.12. The van der Waals surface area contributed by atoms with Gasteiger partial charge in [-0.05, 0) is 30.7 Å². The van der Waals surface area contributed by atoms with E-state index in [4.69, 9.17) is 9.47 Å². The first-order chi connectivity index (χ1) is 13.6. The summed E-state index contributed by atoms with van der Waals surface area (Å²) >= 11 is 0. The molecule has 2 aromatic rings. The summed E-state index contributed by atoms with van der Waals surface area (Å²) in [5.74, 6) is 1.43. The van der Waals surface area contributed by atoms with Crippen molar-refractivity contribution >= 4 is 6.03 Å². The molecule has 7 heteroatoms. The lowest BCUT2D eigenvalue weighted by Crippen LogP contribution is -2.51. The second-order valence-electron chi connectivity index (χ2n) is 6.90. The number of ether oxygens (including phenoxy) is 2. The zero-order valence-corrected chi connectivity index (χ0v) is 16.7. The topological polar surface area (TPSA) is 66.9 Å². The number of aromatic nitrogens is 1. The highest BCUT2D eigenvalue weighted by atomic mass is 16.5. The van der Waals surface area contributed by atoms with Crippen molar-refractivity contribution in [2.24, 2.45) is 0 Å². The van der Waals surface area contributed by atoms with E-state index >= 15 is 0 Å². The molecule has 28 heavy (non-hydrogen) atoms. The highest BCUT2D eigenvalue weighted by molar-refractivity contribution is 5.75. The summed E-state index contributed by atoms with van der Waals surface area (Å²) < 4.78 is 10.7. The number of pyridine rings is 1. The molecule has 0 aliphatic carbocycles. The van der Waals surface area contributed by atoms with Crippen LogP contribution >= 0.6 is 0 Å². The minimum Gasteiger partial charge on any atom is -0.497 e. The molecule has 150 valence electrons. The number of nitrogens with one attached hydrogen (secondary N) is 1. The van der Waals surface area contributed by atoms with Gasteiger partial charge in [0.05, 0.1) is 20.3 Å². The van der Waals surface area contributed by atoms with Crippen molar-refractivity contribution in [2.75, 3.05) is 40.4 Å². The molecular weight excluding hydrogens is 356 g/mol. The molecular formula is C21H28N4O3. The van der Waals surface area contributed by atoms with Gasteiger partial charge in [-0.1, -0.05) is 6.07 Å². The van der Waals surface area contributed by atoms with Gasteiger partial charge in [-0.3, -0.25) is 9.88 Å². The molecule has 1 N–H and O–H groups in total. The van der Waals surface area contributed by atoms with Gasteiger partial charge in [0.1, 0.15) is 11.5 Å². The Hall–Kier alpha value is -2.80. The molecule has 0 spiro atoms. The number of nitrogens with zero attached hydrogens (tertiary/aromatic N) is 3. The summed E-state index contributed by atoms with van der Waals surface area (Å²) in [6.45, 7) is 5.94. The maximum absolute atomic E-state index is 12.7. The van der Waals surface area contributed by atoms with Crippen molar-refractivity contribution < 1.29 is 14.3 Å². The van der Waals surface area contributed by atoms with E-state index < -0.39 is 0 Å². The molecule has 1 aliphatic heterocycles. The number of urea groups is 1. The molecule has 1 atom stereocenters. The second-order valence-corrected chi connectivity index (χ2v) is 6.90. The van der Waals surface area contributed by atoms with Crippen LogP contribution in [0.4, 0.5) is 4.79 Å². The van der Waals surface area contributed by atoms with E-state index in [1.165, 1.54) is 5.56 Å². The van der Waals surface area contributed by atoms with E-state index in [0.29, 0.717) is 18.8 Å². The van der Waals surface area contributed by atoms with E-state index in [0.717, 1.165) is 30.9 Å². The van der Waals surface area contributed by atoms with Crippen molar-refractivity contribution in [1.29, 1.82) is 0 Å². The number of methoxy groups -OCH3 is 2. The molecule has 2 amide bonds. The van der Waals surface area contributed by atoms with Crippen LogP contribution in [-0.2, 0) is 6.54 Å². The average molecular weight is 384 g/mol. The summed E-state index contributed by atoms with van der Waals surface area (Å²) in [5, 5.41) is 3.08. The minimum atomic E-state index is -0.165. The summed E-state index contributed by atoms with van der Waals surface area (Å²) in [4.78, 5) is 21.1. The Balaban J connectivity index is 1.53. The van der Waals surface area contributed by atoms with E-state index in [2.05, 4.69) is 21.3 Å². The van der Waals surface area contributed by atoms with Gasteiger partial charge >= 0.3 is 6.03 Å². The van der Waals surface area contributed by atoms with Crippen LogP contribution in [0.25, 0.3) is 0 Å². The summed E-state index contributed by atoms with van der Waals surface area (Å²) in [6.07, 6.45) is 3.67. The van der Waals surface area contributed by atoms with Crippen LogP contribution < -0.4 is 14.8 Å². The smallest absolute Gasteiger partial charge is 0.317 e. The Morgan fingerprint density at radius 3 is 2.61 bits per heavy atom. The zero-order valence-electron chi connectivity index (χ0n) is 16.7. The van der Waals surface area contributed by atoms with Crippen LogP contribution in [0.2, 0.25) is 0 Å². The fourth-order valence-electron chi connectivity index (χ4n) is 3.39. The van der Waals surface area contributed by atoms with Crippen LogP contribution in [0.3, 0.4) is 0 Å². The number of rotatable bonds is 6. The fourth-order valence-corrected chi connectivity index (χ4v) is 3.39. The molecule has 7 nitrogen and oxygen atoms in total. The predicted octanol–water partition coefficient (Wildman–Crippen LogP) is 2.69. The van der Waals surface area contributed by atoms with Gasteiger partial charge < -0.3 is 19.7 Å². The molecule has 1 aromatic carbocycles. The highest BCUT2D eigenvalue weighted by Crippen LogP contribution is 2.29. The van der Waals surface area contributed by atoms with Crippen LogP contribution in [0.1, 0.15) is 24.1 Å². The molecule has 0 bridgehead atoms. The molecule has 1 saturated heterocycles. The largest absolute Gasteiger partial charge is 0.497 e. The van der Waals surface area contributed by atoms with Gasteiger partial charge in [0, 0.05) is 56.7 Å². The van der Waals surface area contributed by atoms with Crippen molar-refractivity contribution in [2.45, 2.75) is 19.5 Å². The van der Waals surface area contributed by atoms with Gasteiger partial charge in [0.25, 0.3) is 0 Å². The lowest BCUT2D eigenvalue weighted by atomic mass is 10.1. The van der Waals surface area contributed by atoms with Gasteiger partial charge in [-0.2, -0.15) is 0 Å². The third-order valence-electron chi connectivity index (χ3n) is 5.04. The first-order valence-corrected chi connectivity index (χ1v) is 9.49. The number of benzene rings is 1. The van der Waals surface area contributed by atoms with Gasteiger partial charge in [-0.15, -0.1) is 0 Å². The summed E-state index contributed by atoms with van der Waals surface area (Å²) in [6, 6.07) is 9.44. The number of hydrogen-bond donors (Lipinski definition) is 1. The predicted molar refractivity (Wildman–Crippen MR) is 108 cm³/mol. The van der Waals surface area contributed by atoms with Gasteiger partial charge in [0.2, 0.25) is 0 Å². The molecule has 2 heterocycles. The third-order valence-corrected chi connectivity index (χ3v) is 5.04. The second kappa shape index (κ2) is 9.41. The quantitative estimate of drug-likeness (QED) is 0.829. The Labute approximate surface area is 166 Å². The minimum absolute atomic E-state index is 0.0496. The molecule has 0 saturated carbocycles. The van der Waals surface area contributed by atoms with Gasteiger partial charge in [0.15, 0.2) is 0 Å². The molecule has 1 aromatic heterocycles. The van der Waals surface area contributed by atoms with Crippen molar-refractivity contribution in [3.8, 4) is 11.5 Å². The van der Waals surface area contributed by atoms with E-state index in [1.807, 2.05) is 42.3 Å². The normalized spacial score (nSPS) is 15.8.